The molecule has 0 aliphatic carbocycles. The van der Waals surface area contributed by atoms with Gasteiger partial charge in [-0.1, -0.05) is 35.9 Å². The number of amides is 2. The highest BCUT2D eigenvalue weighted by atomic mass is 35.5. The standard InChI is InChI=1S/C24H29ClN2O4/c1-24(2,3)31-23(29)27-14-12-19(16-27)18-6-10-21(11-7-18)26-22(28)30-15-13-17-4-8-20(25)9-5-17/h4-11,19H,12-16H2,1-3H3,(H,26,28). The lowest BCUT2D eigenvalue weighted by Crippen LogP contribution is -2.35. The van der Waals surface area contributed by atoms with Gasteiger partial charge in [-0.15, -0.1) is 0 Å². The number of hydrogen-bond acceptors (Lipinski definition) is 4. The van der Waals surface area contributed by atoms with Gasteiger partial charge in [0.15, 0.2) is 0 Å². The number of ether oxygens (including phenoxy) is 2. The van der Waals surface area contributed by atoms with Crippen LogP contribution in [0, 0.1) is 0 Å². The average Bonchev–Trinajstić information content (AvgIpc) is 3.19. The first-order valence-electron chi connectivity index (χ1n) is 10.5. The van der Waals surface area contributed by atoms with E-state index in [1.54, 1.807) is 4.90 Å². The molecule has 1 atom stereocenters. The molecule has 1 saturated heterocycles. The summed E-state index contributed by atoms with van der Waals surface area (Å²) in [6.45, 7) is 7.20. The van der Waals surface area contributed by atoms with E-state index in [-0.39, 0.29) is 18.6 Å². The van der Waals surface area contributed by atoms with Crippen LogP contribution < -0.4 is 5.32 Å². The predicted octanol–water partition coefficient (Wildman–Crippen LogP) is 5.86. The maximum atomic E-state index is 12.2. The second kappa shape index (κ2) is 10.1. The van der Waals surface area contributed by atoms with Crippen LogP contribution in [0.15, 0.2) is 48.5 Å². The first-order valence-corrected chi connectivity index (χ1v) is 10.8. The third kappa shape index (κ3) is 7.17. The van der Waals surface area contributed by atoms with Crippen molar-refractivity contribution in [1.82, 2.24) is 4.90 Å². The molecule has 0 aromatic heterocycles. The van der Waals surface area contributed by atoms with Crippen LogP contribution in [0.25, 0.3) is 0 Å². The van der Waals surface area contributed by atoms with Crippen LogP contribution in [0.1, 0.15) is 44.2 Å². The number of anilines is 1. The summed E-state index contributed by atoms with van der Waals surface area (Å²) in [5.74, 6) is 0.257. The molecule has 1 N–H and O–H groups in total. The molecule has 0 spiro atoms. The highest BCUT2D eigenvalue weighted by molar-refractivity contribution is 6.30. The maximum absolute atomic E-state index is 12.2. The Labute approximate surface area is 188 Å². The second-order valence-corrected chi connectivity index (χ2v) is 9.11. The Morgan fingerprint density at radius 1 is 1.10 bits per heavy atom. The minimum absolute atomic E-state index is 0.257. The van der Waals surface area contributed by atoms with Gasteiger partial charge >= 0.3 is 12.2 Å². The highest BCUT2D eigenvalue weighted by Crippen LogP contribution is 2.29. The molecule has 1 aliphatic heterocycles. The SMILES string of the molecule is CC(C)(C)OC(=O)N1CCC(c2ccc(NC(=O)OCCc3ccc(Cl)cc3)cc2)C1. The molecule has 0 bridgehead atoms. The van der Waals surface area contributed by atoms with E-state index in [0.29, 0.717) is 30.2 Å². The summed E-state index contributed by atoms with van der Waals surface area (Å²) in [7, 11) is 0. The number of nitrogens with one attached hydrogen (secondary N) is 1. The van der Waals surface area contributed by atoms with Crippen molar-refractivity contribution in [1.29, 1.82) is 0 Å². The molecule has 0 saturated carbocycles. The molecule has 2 aromatic rings. The van der Waals surface area contributed by atoms with Crippen LogP contribution in [0.2, 0.25) is 5.02 Å². The number of rotatable bonds is 5. The Kier molecular flexibility index (Phi) is 7.44. The third-order valence-corrected chi connectivity index (χ3v) is 5.26. The van der Waals surface area contributed by atoms with Crippen LogP contribution in [0.5, 0.6) is 0 Å². The van der Waals surface area contributed by atoms with Crippen molar-refractivity contribution in [2.75, 3.05) is 25.0 Å². The van der Waals surface area contributed by atoms with E-state index < -0.39 is 11.7 Å². The molecule has 1 aliphatic rings. The Morgan fingerprint density at radius 3 is 2.42 bits per heavy atom. The largest absolute Gasteiger partial charge is 0.449 e. The maximum Gasteiger partial charge on any atom is 0.411 e. The van der Waals surface area contributed by atoms with Crippen LogP contribution in [0.3, 0.4) is 0 Å². The fourth-order valence-corrected chi connectivity index (χ4v) is 3.56. The van der Waals surface area contributed by atoms with Crippen molar-refractivity contribution in [2.45, 2.75) is 45.1 Å². The summed E-state index contributed by atoms with van der Waals surface area (Å²) in [6.07, 6.45) is 0.756. The van der Waals surface area contributed by atoms with Crippen LogP contribution >= 0.6 is 11.6 Å². The van der Waals surface area contributed by atoms with Crippen molar-refractivity contribution in [2.24, 2.45) is 0 Å². The predicted molar refractivity (Wildman–Crippen MR) is 122 cm³/mol. The van der Waals surface area contributed by atoms with Gasteiger partial charge in [0.1, 0.15) is 5.60 Å². The van der Waals surface area contributed by atoms with Crippen molar-refractivity contribution in [3.05, 3.63) is 64.7 Å². The van der Waals surface area contributed by atoms with Gasteiger partial charge in [0, 0.05) is 36.1 Å². The molecular weight excluding hydrogens is 416 g/mol. The van der Waals surface area contributed by atoms with E-state index in [9.17, 15) is 9.59 Å². The van der Waals surface area contributed by atoms with E-state index in [1.807, 2.05) is 69.3 Å². The fourth-order valence-electron chi connectivity index (χ4n) is 3.43. The molecule has 0 radical (unpaired) electrons. The van der Waals surface area contributed by atoms with Gasteiger partial charge in [0.05, 0.1) is 6.61 Å². The zero-order chi connectivity index (χ0) is 22.4. The minimum atomic E-state index is -0.494. The smallest absolute Gasteiger partial charge is 0.411 e. The molecule has 31 heavy (non-hydrogen) atoms. The molecule has 1 fully saturated rings. The van der Waals surface area contributed by atoms with Crippen molar-refractivity contribution < 1.29 is 19.1 Å². The molecule has 2 aromatic carbocycles. The molecule has 3 rings (SSSR count). The van der Waals surface area contributed by atoms with Crippen molar-refractivity contribution >= 4 is 29.5 Å². The van der Waals surface area contributed by atoms with Gasteiger partial charge in [-0.05, 0) is 62.6 Å². The molecule has 1 heterocycles. The van der Waals surface area contributed by atoms with Gasteiger partial charge in [-0.2, -0.15) is 0 Å². The van der Waals surface area contributed by atoms with E-state index in [0.717, 1.165) is 17.5 Å². The molecule has 2 amide bonds. The van der Waals surface area contributed by atoms with Gasteiger partial charge in [0.2, 0.25) is 0 Å². The van der Waals surface area contributed by atoms with Crippen molar-refractivity contribution in [3.8, 4) is 0 Å². The summed E-state index contributed by atoms with van der Waals surface area (Å²) in [6, 6.07) is 15.1. The van der Waals surface area contributed by atoms with E-state index in [2.05, 4.69) is 5.32 Å². The Hall–Kier alpha value is -2.73. The number of nitrogens with zero attached hydrogens (tertiary/aromatic N) is 1. The fraction of sp³-hybridized carbons (Fsp3) is 0.417. The van der Waals surface area contributed by atoms with Crippen LogP contribution in [-0.4, -0.2) is 42.4 Å². The first-order chi connectivity index (χ1) is 14.7. The van der Waals surface area contributed by atoms with Gasteiger partial charge in [-0.25, -0.2) is 9.59 Å². The molecule has 7 heteroatoms. The summed E-state index contributed by atoms with van der Waals surface area (Å²) < 4.78 is 10.7. The topological polar surface area (TPSA) is 67.9 Å². The molecule has 6 nitrogen and oxygen atoms in total. The summed E-state index contributed by atoms with van der Waals surface area (Å²) >= 11 is 5.86. The van der Waals surface area contributed by atoms with Crippen LogP contribution in [-0.2, 0) is 15.9 Å². The number of benzene rings is 2. The number of carbonyl (C=O) groups is 2. The number of likely N-dealkylation sites (tertiary alicyclic amines) is 1. The van der Waals surface area contributed by atoms with Gasteiger partial charge < -0.3 is 14.4 Å². The molecule has 166 valence electrons. The van der Waals surface area contributed by atoms with Gasteiger partial charge in [0.25, 0.3) is 0 Å². The third-order valence-electron chi connectivity index (χ3n) is 5.01. The normalized spacial score (nSPS) is 16.1. The molecule has 1 unspecified atom stereocenters. The zero-order valence-corrected chi connectivity index (χ0v) is 18.9. The Morgan fingerprint density at radius 2 is 1.77 bits per heavy atom. The Balaban J connectivity index is 1.44. The lowest BCUT2D eigenvalue weighted by Gasteiger charge is -2.24. The molecular formula is C24H29ClN2O4. The lowest BCUT2D eigenvalue weighted by molar-refractivity contribution is 0.0292. The summed E-state index contributed by atoms with van der Waals surface area (Å²) in [5.41, 5.74) is 2.36. The first kappa shape index (κ1) is 22.9. The zero-order valence-electron chi connectivity index (χ0n) is 18.2. The lowest BCUT2D eigenvalue weighted by atomic mass is 9.98. The minimum Gasteiger partial charge on any atom is -0.449 e. The Bertz CT molecular complexity index is 891. The quantitative estimate of drug-likeness (QED) is 0.627. The summed E-state index contributed by atoms with van der Waals surface area (Å²) in [5, 5.41) is 3.42. The monoisotopic (exact) mass is 444 g/mol. The van der Waals surface area contributed by atoms with Crippen molar-refractivity contribution in [3.63, 3.8) is 0 Å². The average molecular weight is 445 g/mol. The summed E-state index contributed by atoms with van der Waals surface area (Å²) in [4.78, 5) is 26.0. The van der Waals surface area contributed by atoms with Crippen LogP contribution in [0.4, 0.5) is 15.3 Å². The number of carbonyl (C=O) groups excluding carboxylic acids is 2. The highest BCUT2D eigenvalue weighted by Gasteiger charge is 2.30. The van der Waals surface area contributed by atoms with E-state index in [1.165, 1.54) is 0 Å². The second-order valence-electron chi connectivity index (χ2n) is 8.67. The van der Waals surface area contributed by atoms with E-state index in [4.69, 9.17) is 21.1 Å². The van der Waals surface area contributed by atoms with E-state index >= 15 is 0 Å². The number of halogens is 1. The van der Waals surface area contributed by atoms with Gasteiger partial charge in [-0.3, -0.25) is 5.32 Å². The number of hydrogen-bond donors (Lipinski definition) is 1.